The maximum Gasteiger partial charge on any atom is 0.118 e. The third kappa shape index (κ3) is 4.22. The van der Waals surface area contributed by atoms with E-state index in [1.165, 1.54) is 19.5 Å². The van der Waals surface area contributed by atoms with Crippen molar-refractivity contribution < 1.29 is 9.84 Å². The molecule has 0 aromatic heterocycles. The summed E-state index contributed by atoms with van der Waals surface area (Å²) in [6.07, 6.45) is 1.75. The van der Waals surface area contributed by atoms with Crippen molar-refractivity contribution in [3.05, 3.63) is 29.8 Å². The number of ether oxygens (including phenoxy) is 1. The maximum atomic E-state index is 10.3. The van der Waals surface area contributed by atoms with Crippen LogP contribution < -0.4 is 4.74 Å². The van der Waals surface area contributed by atoms with Crippen LogP contribution in [0.4, 0.5) is 0 Å². The minimum Gasteiger partial charge on any atom is -0.497 e. The molecule has 0 aliphatic carbocycles. The number of aliphatic hydroxyl groups excluding tert-OH is 1. The molecular formula is C17H27NO2. The quantitative estimate of drug-likeness (QED) is 0.897. The molecule has 0 radical (unpaired) electrons. The molecule has 3 heteroatoms. The molecule has 112 valence electrons. The van der Waals surface area contributed by atoms with Gasteiger partial charge in [-0.25, -0.2) is 0 Å². The number of hydrogen-bond acceptors (Lipinski definition) is 3. The van der Waals surface area contributed by atoms with Crippen LogP contribution in [0.2, 0.25) is 0 Å². The van der Waals surface area contributed by atoms with Gasteiger partial charge in [-0.15, -0.1) is 0 Å². The minimum atomic E-state index is -0.381. The van der Waals surface area contributed by atoms with Gasteiger partial charge in [0.25, 0.3) is 0 Å². The normalized spacial score (nSPS) is 25.4. The molecule has 1 aliphatic rings. The van der Waals surface area contributed by atoms with E-state index >= 15 is 0 Å². The fourth-order valence-corrected chi connectivity index (χ4v) is 3.27. The van der Waals surface area contributed by atoms with Gasteiger partial charge in [0.05, 0.1) is 13.2 Å². The summed E-state index contributed by atoms with van der Waals surface area (Å²) >= 11 is 0. The zero-order valence-corrected chi connectivity index (χ0v) is 12.9. The average Bonchev–Trinajstić information content (AvgIpc) is 2.44. The molecule has 3 unspecified atom stereocenters. The first-order valence-electron chi connectivity index (χ1n) is 7.63. The Balaban J connectivity index is 1.83. The van der Waals surface area contributed by atoms with E-state index in [1.807, 2.05) is 24.3 Å². The maximum absolute atomic E-state index is 10.3. The van der Waals surface area contributed by atoms with Gasteiger partial charge in [0.15, 0.2) is 0 Å². The van der Waals surface area contributed by atoms with Gasteiger partial charge in [0.2, 0.25) is 0 Å². The van der Waals surface area contributed by atoms with Crippen LogP contribution in [0.3, 0.4) is 0 Å². The summed E-state index contributed by atoms with van der Waals surface area (Å²) in [7, 11) is 1.66. The lowest BCUT2D eigenvalue weighted by Gasteiger charge is -2.35. The van der Waals surface area contributed by atoms with Crippen LogP contribution in [0.5, 0.6) is 5.75 Å². The van der Waals surface area contributed by atoms with Gasteiger partial charge < -0.3 is 14.7 Å². The zero-order chi connectivity index (χ0) is 14.5. The molecular weight excluding hydrogens is 250 g/mol. The summed E-state index contributed by atoms with van der Waals surface area (Å²) < 4.78 is 5.14. The molecule has 2 rings (SSSR count). The third-order valence-electron chi connectivity index (χ3n) is 4.16. The van der Waals surface area contributed by atoms with E-state index < -0.39 is 0 Å². The molecule has 0 spiro atoms. The fourth-order valence-electron chi connectivity index (χ4n) is 3.27. The van der Waals surface area contributed by atoms with Gasteiger partial charge in [-0.1, -0.05) is 26.0 Å². The van der Waals surface area contributed by atoms with Gasteiger partial charge in [-0.05, 0) is 42.4 Å². The molecule has 0 bridgehead atoms. The largest absolute Gasteiger partial charge is 0.497 e. The molecule has 1 aliphatic heterocycles. The van der Waals surface area contributed by atoms with E-state index in [4.69, 9.17) is 4.74 Å². The monoisotopic (exact) mass is 277 g/mol. The lowest BCUT2D eigenvalue weighted by molar-refractivity contribution is 0.103. The highest BCUT2D eigenvalue weighted by molar-refractivity contribution is 5.28. The second-order valence-electron chi connectivity index (χ2n) is 6.28. The summed E-state index contributed by atoms with van der Waals surface area (Å²) in [6, 6.07) is 7.71. The molecule has 0 saturated carbocycles. The van der Waals surface area contributed by atoms with Gasteiger partial charge in [0, 0.05) is 19.6 Å². The van der Waals surface area contributed by atoms with Gasteiger partial charge in [0.1, 0.15) is 5.75 Å². The number of benzene rings is 1. The topological polar surface area (TPSA) is 32.7 Å². The molecule has 3 nitrogen and oxygen atoms in total. The summed E-state index contributed by atoms with van der Waals surface area (Å²) in [6.45, 7) is 7.95. The summed E-state index contributed by atoms with van der Waals surface area (Å²) in [5.74, 6) is 2.38. The predicted octanol–water partition coefficient (Wildman–Crippen LogP) is 3.10. The van der Waals surface area contributed by atoms with E-state index in [0.717, 1.165) is 36.1 Å². The molecule has 3 atom stereocenters. The third-order valence-corrected chi connectivity index (χ3v) is 4.16. The summed E-state index contributed by atoms with van der Waals surface area (Å²) in [4.78, 5) is 2.49. The lowest BCUT2D eigenvalue weighted by atomic mass is 9.91. The van der Waals surface area contributed by atoms with Crippen molar-refractivity contribution in [2.45, 2.75) is 32.8 Å². The molecule has 1 N–H and O–H groups in total. The van der Waals surface area contributed by atoms with Crippen LogP contribution >= 0.6 is 0 Å². The van der Waals surface area contributed by atoms with Crippen LogP contribution in [-0.4, -0.2) is 36.8 Å². The summed E-state index contributed by atoms with van der Waals surface area (Å²) in [5, 5.41) is 10.3. The van der Waals surface area contributed by atoms with Crippen molar-refractivity contribution in [3.63, 3.8) is 0 Å². The molecule has 1 heterocycles. The Bertz CT molecular complexity index is 394. The lowest BCUT2D eigenvalue weighted by Crippen LogP contribution is -2.39. The van der Waals surface area contributed by atoms with Crippen LogP contribution in [-0.2, 0) is 0 Å². The Labute approximate surface area is 122 Å². The van der Waals surface area contributed by atoms with Crippen molar-refractivity contribution in [2.24, 2.45) is 11.8 Å². The first-order chi connectivity index (χ1) is 9.58. The van der Waals surface area contributed by atoms with Gasteiger partial charge in [-0.2, -0.15) is 0 Å². The summed E-state index contributed by atoms with van der Waals surface area (Å²) in [5.41, 5.74) is 0.976. The minimum absolute atomic E-state index is 0.381. The Morgan fingerprint density at radius 1 is 1.20 bits per heavy atom. The van der Waals surface area contributed by atoms with Crippen LogP contribution in [0, 0.1) is 11.8 Å². The molecule has 1 aromatic rings. The average molecular weight is 277 g/mol. The number of piperidine rings is 1. The van der Waals surface area contributed by atoms with Crippen LogP contribution in [0.25, 0.3) is 0 Å². The second kappa shape index (κ2) is 7.09. The SMILES string of the molecule is COc1ccc(C(O)CCN2CC(C)CC(C)C2)cc1. The van der Waals surface area contributed by atoms with Crippen molar-refractivity contribution in [1.82, 2.24) is 4.90 Å². The Hall–Kier alpha value is -1.06. The van der Waals surface area contributed by atoms with Crippen LogP contribution in [0.1, 0.15) is 38.4 Å². The highest BCUT2D eigenvalue weighted by Crippen LogP contribution is 2.24. The van der Waals surface area contributed by atoms with E-state index in [0.29, 0.717) is 0 Å². The zero-order valence-electron chi connectivity index (χ0n) is 12.9. The Kier molecular flexibility index (Phi) is 5.44. The van der Waals surface area contributed by atoms with Gasteiger partial charge in [-0.3, -0.25) is 0 Å². The molecule has 1 saturated heterocycles. The van der Waals surface area contributed by atoms with E-state index in [9.17, 15) is 5.11 Å². The number of hydrogen-bond donors (Lipinski definition) is 1. The number of likely N-dealkylation sites (tertiary alicyclic amines) is 1. The number of nitrogens with zero attached hydrogens (tertiary/aromatic N) is 1. The second-order valence-corrected chi connectivity index (χ2v) is 6.28. The molecule has 1 aromatic carbocycles. The first-order valence-corrected chi connectivity index (χ1v) is 7.63. The van der Waals surface area contributed by atoms with Crippen LogP contribution in [0.15, 0.2) is 24.3 Å². The Morgan fingerprint density at radius 2 is 1.80 bits per heavy atom. The van der Waals surface area contributed by atoms with Crippen molar-refractivity contribution in [2.75, 3.05) is 26.7 Å². The highest BCUT2D eigenvalue weighted by Gasteiger charge is 2.22. The molecule has 1 fully saturated rings. The number of aliphatic hydroxyl groups is 1. The Morgan fingerprint density at radius 3 is 2.35 bits per heavy atom. The fraction of sp³-hybridized carbons (Fsp3) is 0.647. The van der Waals surface area contributed by atoms with Crippen molar-refractivity contribution >= 4 is 0 Å². The number of methoxy groups -OCH3 is 1. The predicted molar refractivity (Wildman–Crippen MR) is 82.0 cm³/mol. The smallest absolute Gasteiger partial charge is 0.118 e. The van der Waals surface area contributed by atoms with E-state index in [1.54, 1.807) is 7.11 Å². The molecule has 20 heavy (non-hydrogen) atoms. The van der Waals surface area contributed by atoms with Crippen molar-refractivity contribution in [1.29, 1.82) is 0 Å². The van der Waals surface area contributed by atoms with E-state index in [2.05, 4.69) is 18.7 Å². The molecule has 0 amide bonds. The van der Waals surface area contributed by atoms with E-state index in [-0.39, 0.29) is 6.10 Å². The highest BCUT2D eigenvalue weighted by atomic mass is 16.5. The standard InChI is InChI=1S/C17H27NO2/c1-13-10-14(2)12-18(11-13)9-8-17(19)15-4-6-16(20-3)7-5-15/h4-7,13-14,17,19H,8-12H2,1-3H3. The van der Waals surface area contributed by atoms with Gasteiger partial charge >= 0.3 is 0 Å². The first kappa shape index (κ1) is 15.3. The van der Waals surface area contributed by atoms with Crippen molar-refractivity contribution in [3.8, 4) is 5.75 Å². The number of rotatable bonds is 5.